The highest BCUT2D eigenvalue weighted by molar-refractivity contribution is 5.71. The molecule has 5 heteroatoms. The molecule has 0 spiro atoms. The molecule has 0 radical (unpaired) electrons. The predicted molar refractivity (Wildman–Crippen MR) is 60.9 cm³/mol. The normalized spacial score (nSPS) is 11.7. The third kappa shape index (κ3) is 4.05. The SMILES string of the molecule is CC(C)C(=O)OCCc1ccccc1C(F)(F)F. The molecule has 0 heterocycles. The minimum Gasteiger partial charge on any atom is -0.465 e. The highest BCUT2D eigenvalue weighted by Gasteiger charge is 2.32. The van der Waals surface area contributed by atoms with Crippen molar-refractivity contribution in [2.75, 3.05) is 6.61 Å². The van der Waals surface area contributed by atoms with Crippen molar-refractivity contribution in [3.05, 3.63) is 35.4 Å². The van der Waals surface area contributed by atoms with Crippen LogP contribution in [-0.2, 0) is 22.1 Å². The van der Waals surface area contributed by atoms with Crippen LogP contribution in [0.1, 0.15) is 25.0 Å². The second kappa shape index (κ2) is 5.89. The highest BCUT2D eigenvalue weighted by Crippen LogP contribution is 2.31. The number of carbonyl (C=O) groups is 1. The van der Waals surface area contributed by atoms with Crippen LogP contribution in [0.25, 0.3) is 0 Å². The van der Waals surface area contributed by atoms with Crippen molar-refractivity contribution < 1.29 is 22.7 Å². The fourth-order valence-corrected chi connectivity index (χ4v) is 1.44. The molecule has 0 bridgehead atoms. The average Bonchev–Trinajstić information content (AvgIpc) is 2.28. The Morgan fingerprint density at radius 2 is 1.89 bits per heavy atom. The van der Waals surface area contributed by atoms with E-state index in [9.17, 15) is 18.0 Å². The van der Waals surface area contributed by atoms with Crippen molar-refractivity contribution >= 4 is 5.97 Å². The Morgan fingerprint density at radius 3 is 2.44 bits per heavy atom. The summed E-state index contributed by atoms with van der Waals surface area (Å²) in [7, 11) is 0. The highest BCUT2D eigenvalue weighted by atomic mass is 19.4. The lowest BCUT2D eigenvalue weighted by atomic mass is 10.0. The second-order valence-corrected chi connectivity index (χ2v) is 4.23. The number of hydrogen-bond donors (Lipinski definition) is 0. The zero-order valence-electron chi connectivity index (χ0n) is 10.3. The first-order valence-corrected chi connectivity index (χ1v) is 5.64. The summed E-state index contributed by atoms with van der Waals surface area (Å²) < 4.78 is 42.8. The van der Waals surface area contributed by atoms with Crippen molar-refractivity contribution in [1.29, 1.82) is 0 Å². The van der Waals surface area contributed by atoms with Gasteiger partial charge in [0.25, 0.3) is 0 Å². The van der Waals surface area contributed by atoms with Crippen LogP contribution >= 0.6 is 0 Å². The molecular weight excluding hydrogens is 245 g/mol. The first-order chi connectivity index (χ1) is 8.32. The van der Waals surface area contributed by atoms with Gasteiger partial charge in [-0.3, -0.25) is 4.79 Å². The molecule has 0 N–H and O–H groups in total. The van der Waals surface area contributed by atoms with Gasteiger partial charge < -0.3 is 4.74 Å². The molecule has 1 rings (SSSR count). The molecule has 1 aromatic rings. The molecule has 0 unspecified atom stereocenters. The van der Waals surface area contributed by atoms with Gasteiger partial charge in [0.15, 0.2) is 0 Å². The van der Waals surface area contributed by atoms with Gasteiger partial charge >= 0.3 is 12.1 Å². The number of rotatable bonds is 4. The van der Waals surface area contributed by atoms with E-state index >= 15 is 0 Å². The van der Waals surface area contributed by atoms with Crippen molar-refractivity contribution in [3.8, 4) is 0 Å². The quantitative estimate of drug-likeness (QED) is 0.775. The van der Waals surface area contributed by atoms with E-state index in [0.717, 1.165) is 6.07 Å². The number of benzene rings is 1. The number of carbonyl (C=O) groups excluding carboxylic acids is 1. The Morgan fingerprint density at radius 1 is 1.28 bits per heavy atom. The number of ether oxygens (including phenoxy) is 1. The topological polar surface area (TPSA) is 26.3 Å². The van der Waals surface area contributed by atoms with Gasteiger partial charge in [-0.15, -0.1) is 0 Å². The maximum absolute atomic E-state index is 12.7. The van der Waals surface area contributed by atoms with Gasteiger partial charge in [-0.1, -0.05) is 32.0 Å². The minimum absolute atomic E-state index is 0.0376. The van der Waals surface area contributed by atoms with Crippen molar-refractivity contribution in [2.45, 2.75) is 26.4 Å². The minimum atomic E-state index is -4.38. The lowest BCUT2D eigenvalue weighted by Crippen LogP contribution is -2.15. The molecule has 0 fully saturated rings. The second-order valence-electron chi connectivity index (χ2n) is 4.23. The van der Waals surface area contributed by atoms with E-state index in [1.165, 1.54) is 18.2 Å². The Balaban J connectivity index is 2.66. The first kappa shape index (κ1) is 14.5. The first-order valence-electron chi connectivity index (χ1n) is 5.64. The van der Waals surface area contributed by atoms with Gasteiger partial charge in [0.1, 0.15) is 0 Å². The summed E-state index contributed by atoms with van der Waals surface area (Å²) in [5.41, 5.74) is -0.535. The molecule has 0 aliphatic carbocycles. The van der Waals surface area contributed by atoms with Gasteiger partial charge in [0.05, 0.1) is 18.1 Å². The van der Waals surface area contributed by atoms with E-state index in [0.29, 0.717) is 0 Å². The van der Waals surface area contributed by atoms with Crippen LogP contribution in [0.2, 0.25) is 0 Å². The Bertz CT molecular complexity index is 411. The lowest BCUT2D eigenvalue weighted by molar-refractivity contribution is -0.147. The fourth-order valence-electron chi connectivity index (χ4n) is 1.44. The largest absolute Gasteiger partial charge is 0.465 e. The summed E-state index contributed by atoms with van der Waals surface area (Å²) in [5.74, 6) is -0.678. The summed E-state index contributed by atoms with van der Waals surface area (Å²) in [6, 6.07) is 5.30. The molecular formula is C13H15F3O2. The van der Waals surface area contributed by atoms with Crippen LogP contribution in [0.4, 0.5) is 13.2 Å². The van der Waals surface area contributed by atoms with E-state index in [-0.39, 0.29) is 24.5 Å². The molecule has 0 aliphatic rings. The summed E-state index contributed by atoms with van der Waals surface area (Å²) in [5, 5.41) is 0. The number of hydrogen-bond acceptors (Lipinski definition) is 2. The molecule has 0 saturated heterocycles. The lowest BCUT2D eigenvalue weighted by Gasteiger charge is -2.13. The van der Waals surface area contributed by atoms with Crippen molar-refractivity contribution in [2.24, 2.45) is 5.92 Å². The van der Waals surface area contributed by atoms with Crippen LogP contribution in [-0.4, -0.2) is 12.6 Å². The van der Waals surface area contributed by atoms with Crippen molar-refractivity contribution in [3.63, 3.8) is 0 Å². The van der Waals surface area contributed by atoms with Gasteiger partial charge in [-0.2, -0.15) is 13.2 Å². The smallest absolute Gasteiger partial charge is 0.416 e. The monoisotopic (exact) mass is 260 g/mol. The molecule has 0 aliphatic heterocycles. The van der Waals surface area contributed by atoms with E-state index in [2.05, 4.69) is 0 Å². The maximum atomic E-state index is 12.7. The van der Waals surface area contributed by atoms with Gasteiger partial charge in [0, 0.05) is 6.42 Å². The number of esters is 1. The van der Waals surface area contributed by atoms with Gasteiger partial charge in [-0.25, -0.2) is 0 Å². The summed E-state index contributed by atoms with van der Waals surface area (Å²) in [6.45, 7) is 3.31. The Hall–Kier alpha value is -1.52. The standard InChI is InChI=1S/C13H15F3O2/c1-9(2)12(17)18-8-7-10-5-3-4-6-11(10)13(14,15)16/h3-6,9H,7-8H2,1-2H3. The fraction of sp³-hybridized carbons (Fsp3) is 0.462. The molecule has 0 aromatic heterocycles. The molecule has 18 heavy (non-hydrogen) atoms. The third-order valence-electron chi connectivity index (χ3n) is 2.41. The van der Waals surface area contributed by atoms with Gasteiger partial charge in [0.2, 0.25) is 0 Å². The predicted octanol–water partition coefficient (Wildman–Crippen LogP) is 3.45. The van der Waals surface area contributed by atoms with Gasteiger partial charge in [-0.05, 0) is 11.6 Å². The van der Waals surface area contributed by atoms with E-state index in [4.69, 9.17) is 4.74 Å². The molecule has 0 atom stereocenters. The van der Waals surface area contributed by atoms with E-state index in [1.54, 1.807) is 13.8 Å². The van der Waals surface area contributed by atoms with Crippen LogP contribution in [0, 0.1) is 5.92 Å². The average molecular weight is 260 g/mol. The third-order valence-corrected chi connectivity index (χ3v) is 2.41. The molecule has 100 valence electrons. The molecule has 0 amide bonds. The Kier molecular flexibility index (Phi) is 4.76. The summed E-state index contributed by atoms with van der Waals surface area (Å²) in [4.78, 5) is 11.2. The number of alkyl halides is 3. The molecule has 2 nitrogen and oxygen atoms in total. The van der Waals surface area contributed by atoms with Crippen LogP contribution < -0.4 is 0 Å². The van der Waals surface area contributed by atoms with Crippen molar-refractivity contribution in [1.82, 2.24) is 0 Å². The van der Waals surface area contributed by atoms with Crippen LogP contribution in [0.3, 0.4) is 0 Å². The van der Waals surface area contributed by atoms with Crippen LogP contribution in [0.15, 0.2) is 24.3 Å². The Labute approximate surface area is 104 Å². The molecule has 1 aromatic carbocycles. The zero-order valence-corrected chi connectivity index (χ0v) is 10.3. The molecule has 0 saturated carbocycles. The maximum Gasteiger partial charge on any atom is 0.416 e. The van der Waals surface area contributed by atoms with E-state index in [1.807, 2.05) is 0 Å². The summed E-state index contributed by atoms with van der Waals surface area (Å²) >= 11 is 0. The summed E-state index contributed by atoms with van der Waals surface area (Å²) in [6.07, 6.45) is -4.31. The van der Waals surface area contributed by atoms with Crippen LogP contribution in [0.5, 0.6) is 0 Å². The number of halogens is 3. The van der Waals surface area contributed by atoms with E-state index < -0.39 is 17.7 Å². The zero-order chi connectivity index (χ0) is 13.8.